The lowest BCUT2D eigenvalue weighted by molar-refractivity contribution is -0.115. The number of hydrogen-bond donors (Lipinski definition) is 1. The molecule has 0 radical (unpaired) electrons. The minimum atomic E-state index is -0.945. The van der Waals surface area contributed by atoms with E-state index in [4.69, 9.17) is 0 Å². The van der Waals surface area contributed by atoms with Gasteiger partial charge < -0.3 is 5.32 Å². The van der Waals surface area contributed by atoms with Gasteiger partial charge in [-0.2, -0.15) is 0 Å². The van der Waals surface area contributed by atoms with Crippen molar-refractivity contribution in [1.82, 2.24) is 0 Å². The number of nitrogens with one attached hydrogen (secondary N) is 1. The molecule has 1 heterocycles. The van der Waals surface area contributed by atoms with Gasteiger partial charge in [-0.25, -0.2) is 8.78 Å². The van der Waals surface area contributed by atoms with Crippen molar-refractivity contribution in [2.24, 2.45) is 0 Å². The van der Waals surface area contributed by atoms with E-state index in [1.54, 1.807) is 11.8 Å². The van der Waals surface area contributed by atoms with Gasteiger partial charge >= 0.3 is 0 Å². The minimum Gasteiger partial charge on any atom is -0.325 e. The normalized spacial score (nSPS) is 20.0. The van der Waals surface area contributed by atoms with E-state index in [1.165, 1.54) is 6.07 Å². The summed E-state index contributed by atoms with van der Waals surface area (Å²) in [6, 6.07) is 3.38. The van der Waals surface area contributed by atoms with Crippen LogP contribution in [0.3, 0.4) is 0 Å². The molecule has 1 aliphatic heterocycles. The largest absolute Gasteiger partial charge is 0.325 e. The van der Waals surface area contributed by atoms with Crippen LogP contribution in [0.15, 0.2) is 18.2 Å². The fraction of sp³-hybridized carbons (Fsp3) is 0.417. The lowest BCUT2D eigenvalue weighted by Gasteiger charge is -2.20. The third-order valence-electron chi connectivity index (χ3n) is 2.66. The highest BCUT2D eigenvalue weighted by molar-refractivity contribution is 8.00. The summed E-state index contributed by atoms with van der Waals surface area (Å²) < 4.78 is 25.6. The lowest BCUT2D eigenvalue weighted by atomic mass is 10.2. The SMILES string of the molecule is O=C(Nc1ccc(F)c(F)c1)C1CCCCS1. The van der Waals surface area contributed by atoms with E-state index in [0.717, 1.165) is 37.1 Å². The van der Waals surface area contributed by atoms with Crippen molar-refractivity contribution in [2.45, 2.75) is 24.5 Å². The number of rotatable bonds is 2. The van der Waals surface area contributed by atoms with Crippen LogP contribution < -0.4 is 5.32 Å². The molecule has 2 rings (SSSR count). The van der Waals surface area contributed by atoms with Crippen LogP contribution in [0.2, 0.25) is 0 Å². The predicted octanol–water partition coefficient (Wildman–Crippen LogP) is 3.19. The van der Waals surface area contributed by atoms with Gasteiger partial charge in [0, 0.05) is 11.8 Å². The van der Waals surface area contributed by atoms with Crippen molar-refractivity contribution in [3.63, 3.8) is 0 Å². The second-order valence-electron chi connectivity index (χ2n) is 3.97. The maximum Gasteiger partial charge on any atom is 0.237 e. The Morgan fingerprint density at radius 1 is 1.29 bits per heavy atom. The van der Waals surface area contributed by atoms with Crippen molar-refractivity contribution in [2.75, 3.05) is 11.1 Å². The Balaban J connectivity index is 1.99. The fourth-order valence-electron chi connectivity index (χ4n) is 1.74. The van der Waals surface area contributed by atoms with Crippen LogP contribution in [0.1, 0.15) is 19.3 Å². The molecule has 1 saturated heterocycles. The minimum absolute atomic E-state index is 0.0723. The molecular weight excluding hydrogens is 244 g/mol. The highest BCUT2D eigenvalue weighted by Gasteiger charge is 2.21. The standard InChI is InChI=1S/C12H13F2NOS/c13-9-5-4-8(7-10(9)14)15-12(16)11-3-1-2-6-17-11/h4-5,7,11H,1-3,6H2,(H,15,16). The molecule has 5 heteroatoms. The molecule has 0 aromatic heterocycles. The van der Waals surface area contributed by atoms with Gasteiger partial charge in [-0.05, 0) is 30.7 Å². The molecule has 2 nitrogen and oxygen atoms in total. The molecule has 1 atom stereocenters. The van der Waals surface area contributed by atoms with Gasteiger partial charge in [-0.3, -0.25) is 4.79 Å². The van der Waals surface area contributed by atoms with Crippen molar-refractivity contribution in [3.05, 3.63) is 29.8 Å². The molecule has 1 aromatic rings. The number of amides is 1. The highest BCUT2D eigenvalue weighted by atomic mass is 32.2. The van der Waals surface area contributed by atoms with Crippen molar-refractivity contribution >= 4 is 23.4 Å². The number of carbonyl (C=O) groups is 1. The van der Waals surface area contributed by atoms with Gasteiger partial charge in [-0.15, -0.1) is 11.8 Å². The van der Waals surface area contributed by atoms with E-state index in [2.05, 4.69) is 5.32 Å². The van der Waals surface area contributed by atoms with Gasteiger partial charge in [0.25, 0.3) is 0 Å². The summed E-state index contributed by atoms with van der Waals surface area (Å²) in [6.45, 7) is 0. The first-order chi connectivity index (χ1) is 8.16. The molecule has 0 bridgehead atoms. The number of hydrogen-bond acceptors (Lipinski definition) is 2. The maximum absolute atomic E-state index is 12.9. The molecule has 1 fully saturated rings. The zero-order valence-electron chi connectivity index (χ0n) is 9.21. The van der Waals surface area contributed by atoms with Crippen molar-refractivity contribution < 1.29 is 13.6 Å². The van der Waals surface area contributed by atoms with E-state index < -0.39 is 11.6 Å². The van der Waals surface area contributed by atoms with E-state index >= 15 is 0 Å². The van der Waals surface area contributed by atoms with Gasteiger partial charge in [-0.1, -0.05) is 6.42 Å². The Morgan fingerprint density at radius 3 is 2.76 bits per heavy atom. The van der Waals surface area contributed by atoms with Crippen LogP contribution in [0.5, 0.6) is 0 Å². The summed E-state index contributed by atoms with van der Waals surface area (Å²) in [6.07, 6.45) is 3.03. The molecule has 0 spiro atoms. The van der Waals surface area contributed by atoms with Gasteiger partial charge in [0.05, 0.1) is 5.25 Å². The van der Waals surface area contributed by atoms with Crippen LogP contribution in [-0.4, -0.2) is 16.9 Å². The maximum atomic E-state index is 12.9. The Morgan fingerprint density at radius 2 is 2.12 bits per heavy atom. The van der Waals surface area contributed by atoms with Gasteiger partial charge in [0.2, 0.25) is 5.91 Å². The third-order valence-corrected chi connectivity index (χ3v) is 4.04. The molecule has 17 heavy (non-hydrogen) atoms. The fourth-order valence-corrected chi connectivity index (χ4v) is 2.94. The molecule has 1 unspecified atom stereocenters. The first kappa shape index (κ1) is 12.4. The summed E-state index contributed by atoms with van der Waals surface area (Å²) in [7, 11) is 0. The molecule has 1 aromatic carbocycles. The zero-order valence-corrected chi connectivity index (χ0v) is 10.0. The molecule has 92 valence electrons. The Kier molecular flexibility index (Phi) is 3.99. The molecule has 1 aliphatic rings. The topological polar surface area (TPSA) is 29.1 Å². The van der Waals surface area contributed by atoms with Crippen LogP contribution in [0, 0.1) is 11.6 Å². The summed E-state index contributed by atoms with van der Waals surface area (Å²) in [4.78, 5) is 11.8. The number of carbonyl (C=O) groups excluding carboxylic acids is 1. The average Bonchev–Trinajstić information content (AvgIpc) is 2.35. The van der Waals surface area contributed by atoms with E-state index in [-0.39, 0.29) is 11.2 Å². The van der Waals surface area contributed by atoms with E-state index in [9.17, 15) is 13.6 Å². The molecule has 1 amide bonds. The lowest BCUT2D eigenvalue weighted by Crippen LogP contribution is -2.27. The van der Waals surface area contributed by atoms with Crippen LogP contribution in [-0.2, 0) is 4.79 Å². The molecule has 0 saturated carbocycles. The summed E-state index contributed by atoms with van der Waals surface area (Å²) >= 11 is 1.62. The monoisotopic (exact) mass is 257 g/mol. The van der Waals surface area contributed by atoms with Crippen LogP contribution in [0.25, 0.3) is 0 Å². The summed E-state index contributed by atoms with van der Waals surface area (Å²) in [5, 5.41) is 2.54. The molecule has 0 aliphatic carbocycles. The zero-order chi connectivity index (χ0) is 12.3. The first-order valence-corrected chi connectivity index (χ1v) is 6.59. The van der Waals surface area contributed by atoms with E-state index in [0.29, 0.717) is 5.69 Å². The van der Waals surface area contributed by atoms with Crippen LogP contribution >= 0.6 is 11.8 Å². The molecular formula is C12H13F2NOS. The smallest absolute Gasteiger partial charge is 0.237 e. The summed E-state index contributed by atoms with van der Waals surface area (Å²) in [5.74, 6) is -0.995. The Bertz CT molecular complexity index is 419. The predicted molar refractivity (Wildman–Crippen MR) is 65.1 cm³/mol. The number of benzene rings is 1. The second-order valence-corrected chi connectivity index (χ2v) is 5.28. The van der Waals surface area contributed by atoms with Crippen LogP contribution in [0.4, 0.5) is 14.5 Å². The second kappa shape index (κ2) is 5.49. The quantitative estimate of drug-likeness (QED) is 0.881. The van der Waals surface area contributed by atoms with Gasteiger partial charge in [0.1, 0.15) is 0 Å². The van der Waals surface area contributed by atoms with E-state index in [1.807, 2.05) is 0 Å². The first-order valence-electron chi connectivity index (χ1n) is 5.54. The van der Waals surface area contributed by atoms with Crippen molar-refractivity contribution in [1.29, 1.82) is 0 Å². The number of halogens is 2. The van der Waals surface area contributed by atoms with Gasteiger partial charge in [0.15, 0.2) is 11.6 Å². The van der Waals surface area contributed by atoms with Crippen molar-refractivity contribution in [3.8, 4) is 0 Å². The average molecular weight is 257 g/mol. The number of anilines is 1. The third kappa shape index (κ3) is 3.19. The Labute approximate surface area is 103 Å². The number of thioether (sulfide) groups is 1. The molecule has 1 N–H and O–H groups in total. The summed E-state index contributed by atoms with van der Waals surface area (Å²) in [5.41, 5.74) is 0.306. The highest BCUT2D eigenvalue weighted by Crippen LogP contribution is 2.26. The Hall–Kier alpha value is -1.10.